The average molecular weight is 356 g/mol. The Balaban J connectivity index is 2.38. The molecule has 2 heterocycles. The summed E-state index contributed by atoms with van der Waals surface area (Å²) in [4.78, 5) is 36.1. The van der Waals surface area contributed by atoms with Crippen molar-refractivity contribution in [2.75, 3.05) is 12.3 Å². The molecule has 136 valence electrons. The average Bonchev–Trinajstić information content (AvgIpc) is 2.66. The quantitative estimate of drug-likeness (QED) is 0.833. The molecule has 1 N–H and O–H groups in total. The predicted octanol–water partition coefficient (Wildman–Crippen LogP) is 2.38. The molecule has 3 unspecified atom stereocenters. The summed E-state index contributed by atoms with van der Waals surface area (Å²) in [5.41, 5.74) is -0.862. The minimum absolute atomic E-state index is 0.0396. The highest BCUT2D eigenvalue weighted by atomic mass is 32.2. The summed E-state index contributed by atoms with van der Waals surface area (Å²) in [7, 11) is 0. The van der Waals surface area contributed by atoms with Crippen molar-refractivity contribution in [3.8, 4) is 0 Å². The Bertz CT molecular complexity index is 545. The zero-order valence-electron chi connectivity index (χ0n) is 15.2. The molecule has 0 saturated carbocycles. The van der Waals surface area contributed by atoms with E-state index in [4.69, 9.17) is 0 Å². The summed E-state index contributed by atoms with van der Waals surface area (Å²) >= 11 is 1.23. The van der Waals surface area contributed by atoms with Crippen LogP contribution in [0.3, 0.4) is 0 Å². The van der Waals surface area contributed by atoms with Crippen LogP contribution in [0.25, 0.3) is 0 Å². The van der Waals surface area contributed by atoms with Gasteiger partial charge in [-0.05, 0) is 31.6 Å². The molecule has 1 amide bonds. The van der Waals surface area contributed by atoms with E-state index in [0.717, 1.165) is 6.42 Å². The monoisotopic (exact) mass is 356 g/mol. The number of carboxylic acid groups (broad SMARTS) is 1. The van der Waals surface area contributed by atoms with Crippen molar-refractivity contribution in [1.82, 2.24) is 10.0 Å². The molecule has 0 aromatic heterocycles. The number of hydrogen-bond donors (Lipinski definition) is 1. The van der Waals surface area contributed by atoms with Gasteiger partial charge in [-0.3, -0.25) is 14.6 Å². The van der Waals surface area contributed by atoms with Crippen LogP contribution in [-0.2, 0) is 14.4 Å². The van der Waals surface area contributed by atoms with Gasteiger partial charge in [0.2, 0.25) is 5.91 Å². The van der Waals surface area contributed by atoms with Crippen LogP contribution >= 0.6 is 11.8 Å². The van der Waals surface area contributed by atoms with Gasteiger partial charge < -0.3 is 5.11 Å². The first-order valence-electron chi connectivity index (χ1n) is 8.46. The highest BCUT2D eigenvalue weighted by molar-refractivity contribution is 8.13. The number of amides is 1. The van der Waals surface area contributed by atoms with Crippen molar-refractivity contribution in [2.24, 2.45) is 10.8 Å². The third-order valence-corrected chi connectivity index (χ3v) is 5.88. The molecular weight excluding hydrogens is 328 g/mol. The van der Waals surface area contributed by atoms with E-state index in [1.807, 2.05) is 11.9 Å². The van der Waals surface area contributed by atoms with Crippen molar-refractivity contribution in [3.63, 3.8) is 0 Å². The maximum absolute atomic E-state index is 13.2. The second-order valence-corrected chi connectivity index (χ2v) is 9.36. The fraction of sp³-hybridized carbons (Fsp3) is 0.824. The number of carbonyl (C=O) groups excluding carboxylic acids is 2. The molecule has 24 heavy (non-hydrogen) atoms. The summed E-state index contributed by atoms with van der Waals surface area (Å²) in [6.45, 7) is 10.4. The number of thioether (sulfide) groups is 1. The van der Waals surface area contributed by atoms with E-state index in [1.54, 1.807) is 0 Å². The van der Waals surface area contributed by atoms with E-state index in [9.17, 15) is 19.5 Å². The molecule has 6 nitrogen and oxygen atoms in total. The van der Waals surface area contributed by atoms with Gasteiger partial charge in [0.05, 0.1) is 5.41 Å². The van der Waals surface area contributed by atoms with E-state index in [1.165, 1.54) is 23.7 Å². The molecule has 0 bridgehead atoms. The molecule has 2 aliphatic rings. The van der Waals surface area contributed by atoms with Crippen molar-refractivity contribution in [2.45, 2.75) is 66.0 Å². The number of rotatable bonds is 4. The van der Waals surface area contributed by atoms with Crippen LogP contribution in [0.1, 0.15) is 53.9 Å². The second-order valence-electron chi connectivity index (χ2n) is 8.09. The molecule has 3 atom stereocenters. The highest BCUT2D eigenvalue weighted by Gasteiger charge is 2.61. The van der Waals surface area contributed by atoms with Gasteiger partial charge in [-0.15, -0.1) is 0 Å². The molecule has 2 aliphatic heterocycles. The number of carboxylic acids is 1. The van der Waals surface area contributed by atoms with E-state index in [0.29, 0.717) is 25.1 Å². The molecule has 0 spiro atoms. The van der Waals surface area contributed by atoms with Crippen molar-refractivity contribution in [3.05, 3.63) is 0 Å². The lowest BCUT2D eigenvalue weighted by atomic mass is 9.69. The summed E-state index contributed by atoms with van der Waals surface area (Å²) in [6.07, 6.45) is 1.83. The molecular formula is C17H28N2O4S. The van der Waals surface area contributed by atoms with Crippen LogP contribution < -0.4 is 0 Å². The van der Waals surface area contributed by atoms with E-state index >= 15 is 0 Å². The molecule has 7 heteroatoms. The van der Waals surface area contributed by atoms with Gasteiger partial charge in [0.15, 0.2) is 5.12 Å². The Morgan fingerprint density at radius 1 is 1.38 bits per heavy atom. The third kappa shape index (κ3) is 3.33. The molecule has 2 rings (SSSR count). The second kappa shape index (κ2) is 6.67. The summed E-state index contributed by atoms with van der Waals surface area (Å²) in [5.74, 6) is -0.481. The molecule has 2 fully saturated rings. The van der Waals surface area contributed by atoms with Crippen LogP contribution in [-0.4, -0.2) is 56.5 Å². The topological polar surface area (TPSA) is 77.9 Å². The number of nitrogens with zero attached hydrogens (tertiary/aromatic N) is 2. The minimum atomic E-state index is -0.942. The Morgan fingerprint density at radius 2 is 2.00 bits per heavy atom. The summed E-state index contributed by atoms with van der Waals surface area (Å²) in [6, 6.07) is -0.856. The molecule has 0 radical (unpaired) electrons. The first-order chi connectivity index (χ1) is 11.0. The molecule has 2 saturated heterocycles. The Morgan fingerprint density at radius 3 is 2.50 bits per heavy atom. The number of fused-ring (bicyclic) bond motifs is 1. The van der Waals surface area contributed by atoms with Gasteiger partial charge in [-0.2, -0.15) is 0 Å². The van der Waals surface area contributed by atoms with E-state index in [2.05, 4.69) is 20.8 Å². The van der Waals surface area contributed by atoms with Gasteiger partial charge >= 0.3 is 5.97 Å². The minimum Gasteiger partial charge on any atom is -0.480 e. The number of aliphatic carboxylic acids is 1. The molecule has 0 aromatic carbocycles. The molecule has 0 aromatic rings. The number of hydrazine groups is 1. The SMILES string of the molecule is CC(=O)SCCC1(C)C(=O)N2C(C(=O)O)CCCN2C1C(C)(C)C. The van der Waals surface area contributed by atoms with Gasteiger partial charge in [0.25, 0.3) is 0 Å². The van der Waals surface area contributed by atoms with Crippen LogP contribution in [0.4, 0.5) is 0 Å². The Hall–Kier alpha value is -1.08. The van der Waals surface area contributed by atoms with Gasteiger partial charge in [-0.1, -0.05) is 32.5 Å². The third-order valence-electron chi connectivity index (χ3n) is 5.07. The largest absolute Gasteiger partial charge is 0.480 e. The zero-order valence-corrected chi connectivity index (χ0v) is 16.0. The van der Waals surface area contributed by atoms with Crippen LogP contribution in [0.5, 0.6) is 0 Å². The van der Waals surface area contributed by atoms with E-state index in [-0.39, 0.29) is 22.5 Å². The predicted molar refractivity (Wildman–Crippen MR) is 93.3 cm³/mol. The fourth-order valence-corrected chi connectivity index (χ4v) is 5.17. The highest BCUT2D eigenvalue weighted by Crippen LogP contribution is 2.50. The van der Waals surface area contributed by atoms with Gasteiger partial charge in [0, 0.05) is 25.3 Å². The van der Waals surface area contributed by atoms with Crippen LogP contribution in [0.2, 0.25) is 0 Å². The summed E-state index contributed by atoms with van der Waals surface area (Å²) in [5, 5.41) is 13.1. The maximum atomic E-state index is 13.2. The lowest BCUT2D eigenvalue weighted by Gasteiger charge is -2.45. The molecule has 0 aliphatic carbocycles. The van der Waals surface area contributed by atoms with Crippen LogP contribution in [0.15, 0.2) is 0 Å². The maximum Gasteiger partial charge on any atom is 0.328 e. The van der Waals surface area contributed by atoms with E-state index < -0.39 is 17.4 Å². The normalized spacial score (nSPS) is 31.2. The number of hydrogen-bond acceptors (Lipinski definition) is 5. The standard InChI is InChI=1S/C17H28N2O4S/c1-11(20)24-10-8-17(5)14(16(2,3)4)18-9-6-7-12(13(21)22)19(18)15(17)23/h12,14H,6-10H2,1-5H3,(H,21,22). The fourth-order valence-electron chi connectivity index (χ4n) is 4.36. The smallest absolute Gasteiger partial charge is 0.328 e. The lowest BCUT2D eigenvalue weighted by Crippen LogP contribution is -2.57. The zero-order chi connectivity index (χ0) is 18.3. The first-order valence-corrected chi connectivity index (χ1v) is 9.45. The Labute approximate surface area is 147 Å². The first kappa shape index (κ1) is 19.2. The number of carbonyl (C=O) groups is 3. The lowest BCUT2D eigenvalue weighted by molar-refractivity contribution is -0.169. The van der Waals surface area contributed by atoms with Gasteiger partial charge in [-0.25, -0.2) is 9.80 Å². The Kier molecular flexibility index (Phi) is 5.35. The van der Waals surface area contributed by atoms with Crippen molar-refractivity contribution < 1.29 is 19.5 Å². The van der Waals surface area contributed by atoms with Crippen molar-refractivity contribution >= 4 is 28.8 Å². The van der Waals surface area contributed by atoms with Gasteiger partial charge in [0.1, 0.15) is 6.04 Å². The summed E-state index contributed by atoms with van der Waals surface area (Å²) < 4.78 is 0. The van der Waals surface area contributed by atoms with Crippen molar-refractivity contribution in [1.29, 1.82) is 0 Å². The van der Waals surface area contributed by atoms with Crippen LogP contribution in [0, 0.1) is 10.8 Å².